The van der Waals surface area contributed by atoms with Gasteiger partial charge in [-0.25, -0.2) is 0 Å². The summed E-state index contributed by atoms with van der Waals surface area (Å²) in [5, 5.41) is 9.75. The Labute approximate surface area is 96.6 Å². The lowest BCUT2D eigenvalue weighted by Crippen LogP contribution is -2.41. The summed E-state index contributed by atoms with van der Waals surface area (Å²) in [5.74, 6) is 0.0998. The molecule has 1 unspecified atom stereocenters. The van der Waals surface area contributed by atoms with Crippen molar-refractivity contribution in [3.8, 4) is 0 Å². The van der Waals surface area contributed by atoms with Crippen molar-refractivity contribution < 1.29 is 14.7 Å². The van der Waals surface area contributed by atoms with Crippen LogP contribution < -0.4 is 0 Å². The maximum absolute atomic E-state index is 11.6. The van der Waals surface area contributed by atoms with E-state index < -0.39 is 6.10 Å². The fraction of sp³-hybridized carbons (Fsp3) is 0.833. The van der Waals surface area contributed by atoms with Crippen LogP contribution in [-0.4, -0.2) is 34.5 Å². The minimum Gasteiger partial charge on any atom is -0.391 e. The number of nitrogens with zero attached hydrogens (tertiary/aromatic N) is 1. The second-order valence-corrected chi connectivity index (χ2v) is 4.89. The van der Waals surface area contributed by atoms with E-state index in [2.05, 4.69) is 0 Å². The van der Waals surface area contributed by atoms with Gasteiger partial charge in [0, 0.05) is 12.8 Å². The number of hydrogen-bond donors (Lipinski definition) is 1. The predicted molar refractivity (Wildman–Crippen MR) is 60.6 cm³/mol. The van der Waals surface area contributed by atoms with Crippen LogP contribution in [0.3, 0.4) is 0 Å². The molecule has 1 aliphatic rings. The van der Waals surface area contributed by atoms with Gasteiger partial charge in [-0.1, -0.05) is 13.8 Å². The summed E-state index contributed by atoms with van der Waals surface area (Å²) >= 11 is 0. The molecule has 1 saturated heterocycles. The molecule has 0 saturated carbocycles. The van der Waals surface area contributed by atoms with Crippen LogP contribution in [-0.2, 0) is 9.59 Å². The Hall–Kier alpha value is -0.900. The standard InChI is InChI=1S/C12H21NO3/c1-9(2)7-10(14)8-13-11(15)5-3-4-6-12(13)16/h9-10,14H,3-8H2,1-2H3. The van der Waals surface area contributed by atoms with Crippen molar-refractivity contribution in [3.05, 3.63) is 0 Å². The number of rotatable bonds is 4. The minimum atomic E-state index is -0.592. The molecule has 4 nitrogen and oxygen atoms in total. The predicted octanol–water partition coefficient (Wildman–Crippen LogP) is 1.32. The van der Waals surface area contributed by atoms with Crippen molar-refractivity contribution in [1.29, 1.82) is 0 Å². The Morgan fingerprint density at radius 1 is 1.19 bits per heavy atom. The smallest absolute Gasteiger partial charge is 0.229 e. The van der Waals surface area contributed by atoms with E-state index >= 15 is 0 Å². The normalized spacial score (nSPS) is 20.1. The molecule has 1 heterocycles. The molecule has 1 rings (SSSR count). The quantitative estimate of drug-likeness (QED) is 0.737. The first kappa shape index (κ1) is 13.2. The number of imide groups is 1. The van der Waals surface area contributed by atoms with Crippen molar-refractivity contribution in [3.63, 3.8) is 0 Å². The lowest BCUT2D eigenvalue weighted by molar-refractivity contribution is -0.145. The van der Waals surface area contributed by atoms with E-state index in [1.165, 1.54) is 4.90 Å². The number of β-amino-alcohol motifs (C(OH)–C–C–N with tert-alkyl or cyclic N) is 1. The molecule has 0 aromatic heterocycles. The van der Waals surface area contributed by atoms with Gasteiger partial charge >= 0.3 is 0 Å². The summed E-state index contributed by atoms with van der Waals surface area (Å²) in [6, 6.07) is 0. The molecular weight excluding hydrogens is 206 g/mol. The zero-order valence-corrected chi connectivity index (χ0v) is 10.1. The Morgan fingerprint density at radius 3 is 2.12 bits per heavy atom. The van der Waals surface area contributed by atoms with Gasteiger partial charge in [-0.15, -0.1) is 0 Å². The number of likely N-dealkylation sites (tertiary alicyclic amines) is 1. The molecule has 0 aliphatic carbocycles. The number of carbonyl (C=O) groups excluding carboxylic acids is 2. The van der Waals surface area contributed by atoms with Crippen LogP contribution in [0.25, 0.3) is 0 Å². The highest BCUT2D eigenvalue weighted by molar-refractivity contribution is 5.96. The number of aliphatic hydroxyl groups excluding tert-OH is 1. The fourth-order valence-corrected chi connectivity index (χ4v) is 1.99. The highest BCUT2D eigenvalue weighted by Crippen LogP contribution is 2.14. The van der Waals surface area contributed by atoms with Crippen molar-refractivity contribution in [1.82, 2.24) is 4.90 Å². The van der Waals surface area contributed by atoms with Gasteiger partial charge in [-0.3, -0.25) is 14.5 Å². The van der Waals surface area contributed by atoms with Gasteiger partial charge < -0.3 is 5.11 Å². The monoisotopic (exact) mass is 227 g/mol. The summed E-state index contributed by atoms with van der Waals surface area (Å²) < 4.78 is 0. The van der Waals surface area contributed by atoms with Crippen molar-refractivity contribution >= 4 is 11.8 Å². The third-order valence-corrected chi connectivity index (χ3v) is 2.77. The Balaban J connectivity index is 2.54. The molecular formula is C12H21NO3. The van der Waals surface area contributed by atoms with E-state index in [0.717, 1.165) is 12.8 Å². The van der Waals surface area contributed by atoms with Gasteiger partial charge in [-0.05, 0) is 25.2 Å². The molecule has 4 heteroatoms. The van der Waals surface area contributed by atoms with E-state index in [1.54, 1.807) is 0 Å². The highest BCUT2D eigenvalue weighted by atomic mass is 16.3. The second-order valence-electron chi connectivity index (χ2n) is 4.89. The van der Waals surface area contributed by atoms with E-state index in [-0.39, 0.29) is 18.4 Å². The van der Waals surface area contributed by atoms with Crippen LogP contribution in [0.5, 0.6) is 0 Å². The molecule has 0 bridgehead atoms. The lowest BCUT2D eigenvalue weighted by Gasteiger charge is -2.22. The Bertz CT molecular complexity index is 245. The first-order valence-corrected chi connectivity index (χ1v) is 6.02. The third-order valence-electron chi connectivity index (χ3n) is 2.77. The van der Waals surface area contributed by atoms with Crippen LogP contribution in [0.4, 0.5) is 0 Å². The fourth-order valence-electron chi connectivity index (χ4n) is 1.99. The molecule has 1 aliphatic heterocycles. The third kappa shape index (κ3) is 3.93. The molecule has 0 aromatic rings. The average Bonchev–Trinajstić information content (AvgIpc) is 2.31. The molecule has 2 amide bonds. The molecule has 1 N–H and O–H groups in total. The van der Waals surface area contributed by atoms with E-state index in [9.17, 15) is 14.7 Å². The lowest BCUT2D eigenvalue weighted by atomic mass is 10.1. The van der Waals surface area contributed by atoms with Gasteiger partial charge in [0.1, 0.15) is 0 Å². The largest absolute Gasteiger partial charge is 0.391 e. The molecule has 0 aromatic carbocycles. The summed E-state index contributed by atoms with van der Waals surface area (Å²) in [7, 11) is 0. The van der Waals surface area contributed by atoms with E-state index in [0.29, 0.717) is 25.2 Å². The first-order valence-electron chi connectivity index (χ1n) is 6.02. The molecule has 0 radical (unpaired) electrons. The van der Waals surface area contributed by atoms with Gasteiger partial charge in [0.2, 0.25) is 11.8 Å². The molecule has 1 atom stereocenters. The van der Waals surface area contributed by atoms with E-state index in [1.807, 2.05) is 13.8 Å². The molecule has 16 heavy (non-hydrogen) atoms. The molecule has 1 fully saturated rings. The summed E-state index contributed by atoms with van der Waals surface area (Å²) in [5.41, 5.74) is 0. The van der Waals surface area contributed by atoms with Crippen molar-refractivity contribution in [2.75, 3.05) is 6.54 Å². The summed E-state index contributed by atoms with van der Waals surface area (Å²) in [6.45, 7) is 4.18. The summed E-state index contributed by atoms with van der Waals surface area (Å²) in [4.78, 5) is 24.5. The van der Waals surface area contributed by atoms with Crippen LogP contribution >= 0.6 is 0 Å². The van der Waals surface area contributed by atoms with Crippen LogP contribution in [0, 0.1) is 5.92 Å². The minimum absolute atomic E-state index is 0.134. The van der Waals surface area contributed by atoms with Crippen LogP contribution in [0.1, 0.15) is 46.0 Å². The number of carbonyl (C=O) groups is 2. The average molecular weight is 227 g/mol. The SMILES string of the molecule is CC(C)CC(O)CN1C(=O)CCCCC1=O. The van der Waals surface area contributed by atoms with Crippen molar-refractivity contribution in [2.24, 2.45) is 5.92 Å². The maximum Gasteiger partial charge on any atom is 0.229 e. The molecule has 92 valence electrons. The number of aliphatic hydroxyl groups is 1. The van der Waals surface area contributed by atoms with Gasteiger partial charge in [0.15, 0.2) is 0 Å². The first-order chi connectivity index (χ1) is 7.50. The molecule has 0 spiro atoms. The van der Waals surface area contributed by atoms with Crippen LogP contribution in [0.2, 0.25) is 0 Å². The number of amides is 2. The van der Waals surface area contributed by atoms with Gasteiger partial charge in [-0.2, -0.15) is 0 Å². The van der Waals surface area contributed by atoms with Crippen LogP contribution in [0.15, 0.2) is 0 Å². The zero-order valence-electron chi connectivity index (χ0n) is 10.1. The Kier molecular flexibility index (Phi) is 4.93. The zero-order chi connectivity index (χ0) is 12.1. The summed E-state index contributed by atoms with van der Waals surface area (Å²) in [6.07, 6.45) is 2.45. The van der Waals surface area contributed by atoms with Gasteiger partial charge in [0.05, 0.1) is 12.6 Å². The topological polar surface area (TPSA) is 57.6 Å². The van der Waals surface area contributed by atoms with Gasteiger partial charge in [0.25, 0.3) is 0 Å². The second kappa shape index (κ2) is 5.99. The van der Waals surface area contributed by atoms with E-state index in [4.69, 9.17) is 0 Å². The Morgan fingerprint density at radius 2 is 1.69 bits per heavy atom. The number of hydrogen-bond acceptors (Lipinski definition) is 3. The van der Waals surface area contributed by atoms with Crippen molar-refractivity contribution in [2.45, 2.75) is 52.1 Å². The highest BCUT2D eigenvalue weighted by Gasteiger charge is 2.26. The maximum atomic E-state index is 11.6.